The van der Waals surface area contributed by atoms with Crippen LogP contribution in [0.15, 0.2) is 24.3 Å². The molecule has 0 aliphatic carbocycles. The molecule has 0 aliphatic heterocycles. The standard InChI is InChI=1S/C13H18ClNO/c1-3-9(2)13(15)12(16)8-10-6-4-5-7-11(10)14/h4-7,9,13H,3,8,15H2,1-2H3. The molecule has 2 N–H and O–H groups in total. The first-order valence-corrected chi connectivity index (χ1v) is 5.95. The molecule has 88 valence electrons. The highest BCUT2D eigenvalue weighted by Crippen LogP contribution is 2.17. The number of carbonyl (C=O) groups excluding carboxylic acids is 1. The number of ketones is 1. The van der Waals surface area contributed by atoms with Gasteiger partial charge in [-0.05, 0) is 17.5 Å². The van der Waals surface area contributed by atoms with Crippen LogP contribution in [-0.4, -0.2) is 11.8 Å². The summed E-state index contributed by atoms with van der Waals surface area (Å²) in [6.07, 6.45) is 1.24. The Morgan fingerprint density at radius 1 is 1.44 bits per heavy atom. The zero-order chi connectivity index (χ0) is 12.1. The van der Waals surface area contributed by atoms with Crippen LogP contribution in [0.2, 0.25) is 5.02 Å². The van der Waals surface area contributed by atoms with Gasteiger partial charge in [0.05, 0.1) is 6.04 Å². The van der Waals surface area contributed by atoms with E-state index < -0.39 is 0 Å². The number of nitrogens with two attached hydrogens (primary N) is 1. The third kappa shape index (κ3) is 3.32. The summed E-state index contributed by atoms with van der Waals surface area (Å²) < 4.78 is 0. The lowest BCUT2D eigenvalue weighted by Gasteiger charge is -2.17. The molecule has 1 rings (SSSR count). The predicted octanol–water partition coefficient (Wildman–Crippen LogP) is 2.83. The Bertz CT molecular complexity index is 365. The van der Waals surface area contributed by atoms with Crippen molar-refractivity contribution in [1.29, 1.82) is 0 Å². The van der Waals surface area contributed by atoms with E-state index in [1.165, 1.54) is 0 Å². The lowest BCUT2D eigenvalue weighted by Crippen LogP contribution is -2.37. The highest BCUT2D eigenvalue weighted by Gasteiger charge is 2.19. The maximum Gasteiger partial charge on any atom is 0.154 e. The van der Waals surface area contributed by atoms with Gasteiger partial charge in [-0.15, -0.1) is 0 Å². The molecule has 0 heterocycles. The van der Waals surface area contributed by atoms with Gasteiger partial charge in [0.25, 0.3) is 0 Å². The molecule has 0 aromatic heterocycles. The van der Waals surface area contributed by atoms with E-state index in [0.29, 0.717) is 11.4 Å². The number of halogens is 1. The molecule has 2 atom stereocenters. The van der Waals surface area contributed by atoms with Crippen LogP contribution in [0.1, 0.15) is 25.8 Å². The molecule has 0 fully saturated rings. The molecule has 2 nitrogen and oxygen atoms in total. The van der Waals surface area contributed by atoms with E-state index in [2.05, 4.69) is 0 Å². The van der Waals surface area contributed by atoms with Crippen LogP contribution < -0.4 is 5.73 Å². The second-order valence-corrected chi connectivity index (χ2v) is 4.55. The summed E-state index contributed by atoms with van der Waals surface area (Å²) in [5.41, 5.74) is 6.73. The second-order valence-electron chi connectivity index (χ2n) is 4.15. The summed E-state index contributed by atoms with van der Waals surface area (Å²) in [7, 11) is 0. The van der Waals surface area contributed by atoms with E-state index in [1.54, 1.807) is 6.07 Å². The van der Waals surface area contributed by atoms with Gasteiger partial charge < -0.3 is 5.73 Å². The number of carbonyl (C=O) groups is 1. The number of hydrogen-bond donors (Lipinski definition) is 1. The first-order valence-electron chi connectivity index (χ1n) is 5.58. The summed E-state index contributed by atoms with van der Waals surface area (Å²) in [6.45, 7) is 4.03. The van der Waals surface area contributed by atoms with Gasteiger partial charge in [0.1, 0.15) is 0 Å². The summed E-state index contributed by atoms with van der Waals surface area (Å²) in [5.74, 6) is 0.275. The van der Waals surface area contributed by atoms with Crippen molar-refractivity contribution in [3.63, 3.8) is 0 Å². The van der Waals surface area contributed by atoms with Crippen molar-refractivity contribution in [2.75, 3.05) is 0 Å². The zero-order valence-corrected chi connectivity index (χ0v) is 10.5. The average Bonchev–Trinajstić information content (AvgIpc) is 2.30. The molecule has 0 spiro atoms. The van der Waals surface area contributed by atoms with E-state index in [4.69, 9.17) is 17.3 Å². The largest absolute Gasteiger partial charge is 0.321 e. The van der Waals surface area contributed by atoms with Crippen molar-refractivity contribution in [1.82, 2.24) is 0 Å². The normalized spacial score (nSPS) is 14.5. The molecule has 0 saturated heterocycles. The lowest BCUT2D eigenvalue weighted by atomic mass is 9.93. The lowest BCUT2D eigenvalue weighted by molar-refractivity contribution is -0.120. The molecule has 1 aromatic rings. The van der Waals surface area contributed by atoms with Crippen molar-refractivity contribution < 1.29 is 4.79 Å². The van der Waals surface area contributed by atoms with Crippen LogP contribution in [0.4, 0.5) is 0 Å². The van der Waals surface area contributed by atoms with Gasteiger partial charge in [-0.2, -0.15) is 0 Å². The zero-order valence-electron chi connectivity index (χ0n) is 9.74. The van der Waals surface area contributed by atoms with Crippen molar-refractivity contribution in [3.05, 3.63) is 34.9 Å². The molecule has 3 heteroatoms. The fourth-order valence-electron chi connectivity index (χ4n) is 1.52. The Kier molecular flexibility index (Phi) is 4.97. The van der Waals surface area contributed by atoms with Crippen molar-refractivity contribution >= 4 is 17.4 Å². The maximum absolute atomic E-state index is 11.9. The molecule has 2 unspecified atom stereocenters. The van der Waals surface area contributed by atoms with Gasteiger partial charge in [-0.1, -0.05) is 50.1 Å². The molecule has 0 saturated carbocycles. The molecule has 0 radical (unpaired) electrons. The highest BCUT2D eigenvalue weighted by atomic mass is 35.5. The fraction of sp³-hybridized carbons (Fsp3) is 0.462. The van der Waals surface area contributed by atoms with Gasteiger partial charge in [0.15, 0.2) is 5.78 Å². The first kappa shape index (κ1) is 13.2. The third-order valence-corrected chi connectivity index (χ3v) is 3.32. The topological polar surface area (TPSA) is 43.1 Å². The van der Waals surface area contributed by atoms with Crippen LogP contribution in [0.25, 0.3) is 0 Å². The Balaban J connectivity index is 2.68. The van der Waals surface area contributed by atoms with E-state index in [1.807, 2.05) is 32.0 Å². The smallest absolute Gasteiger partial charge is 0.154 e. The molecular formula is C13H18ClNO. The predicted molar refractivity (Wildman–Crippen MR) is 67.6 cm³/mol. The molecule has 0 amide bonds. The van der Waals surface area contributed by atoms with Crippen LogP contribution in [0, 0.1) is 5.92 Å². The van der Waals surface area contributed by atoms with Gasteiger partial charge in [0, 0.05) is 11.4 Å². The quantitative estimate of drug-likeness (QED) is 0.859. The van der Waals surface area contributed by atoms with Crippen LogP contribution in [0.3, 0.4) is 0 Å². The average molecular weight is 240 g/mol. The van der Waals surface area contributed by atoms with Crippen molar-refractivity contribution in [3.8, 4) is 0 Å². The minimum absolute atomic E-state index is 0.0578. The Morgan fingerprint density at radius 2 is 2.06 bits per heavy atom. The van der Waals surface area contributed by atoms with E-state index in [9.17, 15) is 4.79 Å². The highest BCUT2D eigenvalue weighted by molar-refractivity contribution is 6.31. The Labute approximate surface area is 102 Å². The number of Topliss-reactive ketones (excluding diaryl/α,β-unsaturated/α-hetero) is 1. The minimum Gasteiger partial charge on any atom is -0.321 e. The van der Waals surface area contributed by atoms with Gasteiger partial charge >= 0.3 is 0 Å². The monoisotopic (exact) mass is 239 g/mol. The molecule has 1 aromatic carbocycles. The first-order chi connectivity index (χ1) is 7.56. The Morgan fingerprint density at radius 3 is 2.62 bits per heavy atom. The van der Waals surface area contributed by atoms with E-state index in [0.717, 1.165) is 12.0 Å². The van der Waals surface area contributed by atoms with E-state index >= 15 is 0 Å². The summed E-state index contributed by atoms with van der Waals surface area (Å²) in [5, 5.41) is 0.632. The van der Waals surface area contributed by atoms with Crippen molar-refractivity contribution in [2.24, 2.45) is 11.7 Å². The fourth-order valence-corrected chi connectivity index (χ4v) is 1.72. The SMILES string of the molecule is CCC(C)C(N)C(=O)Cc1ccccc1Cl. The minimum atomic E-state index is -0.388. The molecule has 0 bridgehead atoms. The van der Waals surface area contributed by atoms with Gasteiger partial charge in [-0.3, -0.25) is 4.79 Å². The summed E-state index contributed by atoms with van der Waals surface area (Å²) in [6, 6.07) is 7.00. The molecule has 0 aliphatic rings. The van der Waals surface area contributed by atoms with Gasteiger partial charge in [0.2, 0.25) is 0 Å². The molecular weight excluding hydrogens is 222 g/mol. The number of benzene rings is 1. The van der Waals surface area contributed by atoms with Crippen LogP contribution >= 0.6 is 11.6 Å². The second kappa shape index (κ2) is 6.02. The van der Waals surface area contributed by atoms with E-state index in [-0.39, 0.29) is 17.7 Å². The summed E-state index contributed by atoms with van der Waals surface area (Å²) in [4.78, 5) is 11.9. The van der Waals surface area contributed by atoms with Crippen molar-refractivity contribution in [2.45, 2.75) is 32.7 Å². The van der Waals surface area contributed by atoms with Crippen LogP contribution in [0.5, 0.6) is 0 Å². The van der Waals surface area contributed by atoms with Gasteiger partial charge in [-0.25, -0.2) is 0 Å². The number of rotatable bonds is 5. The van der Waals surface area contributed by atoms with Crippen LogP contribution in [-0.2, 0) is 11.2 Å². The Hall–Kier alpha value is -0.860. The summed E-state index contributed by atoms with van der Waals surface area (Å²) >= 11 is 5.99. The third-order valence-electron chi connectivity index (χ3n) is 2.95. The number of hydrogen-bond acceptors (Lipinski definition) is 2. The molecule has 16 heavy (non-hydrogen) atoms. The maximum atomic E-state index is 11.9.